The predicted octanol–water partition coefficient (Wildman–Crippen LogP) is 1.60. The summed E-state index contributed by atoms with van der Waals surface area (Å²) in [6.07, 6.45) is 1.09. The first-order chi connectivity index (χ1) is 6.24. The fraction of sp³-hybridized carbons (Fsp3) is 0.400. The van der Waals surface area contributed by atoms with Crippen molar-refractivity contribution in [1.82, 2.24) is 5.32 Å². The Bertz CT molecular complexity index is 274. The summed E-state index contributed by atoms with van der Waals surface area (Å²) in [5.41, 5.74) is 0.976. The van der Waals surface area contributed by atoms with Crippen LogP contribution in [0.15, 0.2) is 18.2 Å². The zero-order chi connectivity index (χ0) is 9.68. The lowest BCUT2D eigenvalue weighted by atomic mass is 10.2. The summed E-state index contributed by atoms with van der Waals surface area (Å²) in [5, 5.41) is 21.4. The van der Waals surface area contributed by atoms with Gasteiger partial charge in [-0.05, 0) is 30.7 Å². The Morgan fingerprint density at radius 3 is 2.62 bits per heavy atom. The third-order valence-electron chi connectivity index (χ3n) is 1.80. The van der Waals surface area contributed by atoms with Gasteiger partial charge in [-0.25, -0.2) is 0 Å². The normalized spacial score (nSPS) is 10.2. The number of aromatic hydroxyl groups is 2. The molecular formula is C10H15NO2. The molecule has 0 aromatic heterocycles. The summed E-state index contributed by atoms with van der Waals surface area (Å²) >= 11 is 0. The van der Waals surface area contributed by atoms with Crippen molar-refractivity contribution in [3.05, 3.63) is 23.8 Å². The molecule has 0 aliphatic carbocycles. The molecule has 0 radical (unpaired) electrons. The average molecular weight is 181 g/mol. The van der Waals surface area contributed by atoms with Gasteiger partial charge in [0, 0.05) is 6.54 Å². The monoisotopic (exact) mass is 181 g/mol. The van der Waals surface area contributed by atoms with E-state index in [1.807, 2.05) is 0 Å². The second-order valence-corrected chi connectivity index (χ2v) is 3.00. The molecule has 1 rings (SSSR count). The van der Waals surface area contributed by atoms with Crippen LogP contribution in [0.2, 0.25) is 0 Å². The first kappa shape index (κ1) is 9.86. The van der Waals surface area contributed by atoms with Crippen molar-refractivity contribution in [2.75, 3.05) is 6.54 Å². The molecule has 0 atom stereocenters. The molecule has 0 heterocycles. The smallest absolute Gasteiger partial charge is 0.157 e. The molecule has 0 bridgehead atoms. The lowest BCUT2D eigenvalue weighted by Gasteiger charge is -2.04. The van der Waals surface area contributed by atoms with E-state index in [9.17, 15) is 5.11 Å². The Kier molecular flexibility index (Phi) is 3.58. The van der Waals surface area contributed by atoms with Crippen molar-refractivity contribution in [2.45, 2.75) is 19.9 Å². The molecule has 3 N–H and O–H groups in total. The molecule has 0 unspecified atom stereocenters. The van der Waals surface area contributed by atoms with E-state index >= 15 is 0 Å². The number of hydrogen-bond acceptors (Lipinski definition) is 3. The van der Waals surface area contributed by atoms with Gasteiger partial charge < -0.3 is 15.5 Å². The molecular weight excluding hydrogens is 166 g/mol. The van der Waals surface area contributed by atoms with Gasteiger partial charge in [0.15, 0.2) is 11.5 Å². The van der Waals surface area contributed by atoms with E-state index in [0.29, 0.717) is 0 Å². The molecule has 13 heavy (non-hydrogen) atoms. The molecule has 0 saturated carbocycles. The van der Waals surface area contributed by atoms with Crippen molar-refractivity contribution in [3.63, 3.8) is 0 Å². The molecule has 3 heteroatoms. The highest BCUT2D eigenvalue weighted by Crippen LogP contribution is 2.24. The summed E-state index contributed by atoms with van der Waals surface area (Å²) in [5.74, 6) is -0.130. The van der Waals surface area contributed by atoms with Gasteiger partial charge in [0.25, 0.3) is 0 Å². The summed E-state index contributed by atoms with van der Waals surface area (Å²) in [4.78, 5) is 0. The molecule has 3 nitrogen and oxygen atoms in total. The second-order valence-electron chi connectivity index (χ2n) is 3.00. The van der Waals surface area contributed by atoms with Crippen molar-refractivity contribution in [1.29, 1.82) is 0 Å². The third-order valence-corrected chi connectivity index (χ3v) is 1.80. The van der Waals surface area contributed by atoms with Crippen LogP contribution in [-0.4, -0.2) is 16.8 Å². The van der Waals surface area contributed by atoms with Gasteiger partial charge in [-0.15, -0.1) is 0 Å². The number of rotatable bonds is 4. The predicted molar refractivity (Wildman–Crippen MR) is 51.8 cm³/mol. The van der Waals surface area contributed by atoms with Crippen LogP contribution in [0, 0.1) is 0 Å². The quantitative estimate of drug-likeness (QED) is 0.488. The number of benzene rings is 1. The van der Waals surface area contributed by atoms with Crippen LogP contribution in [0.25, 0.3) is 0 Å². The summed E-state index contributed by atoms with van der Waals surface area (Å²) in [6.45, 7) is 3.78. The first-order valence-electron chi connectivity index (χ1n) is 4.45. The van der Waals surface area contributed by atoms with Crippen LogP contribution >= 0.6 is 0 Å². The molecule has 0 fully saturated rings. The van der Waals surface area contributed by atoms with Crippen LogP contribution in [0.4, 0.5) is 0 Å². The number of phenolic OH excluding ortho intramolecular Hbond substituents is 2. The minimum Gasteiger partial charge on any atom is -0.504 e. The van der Waals surface area contributed by atoms with E-state index in [1.165, 1.54) is 6.07 Å². The maximum Gasteiger partial charge on any atom is 0.157 e. The van der Waals surface area contributed by atoms with Gasteiger partial charge in [0.05, 0.1) is 0 Å². The lowest BCUT2D eigenvalue weighted by molar-refractivity contribution is 0.403. The third kappa shape index (κ3) is 2.95. The highest BCUT2D eigenvalue weighted by atomic mass is 16.3. The summed E-state index contributed by atoms with van der Waals surface area (Å²) in [7, 11) is 0. The molecule has 1 aromatic rings. The van der Waals surface area contributed by atoms with Crippen LogP contribution < -0.4 is 5.32 Å². The standard InChI is InChI=1S/C10H15NO2/c1-2-5-11-7-8-3-4-9(12)10(13)6-8/h3-4,6,11-13H,2,5,7H2,1H3. The topological polar surface area (TPSA) is 52.5 Å². The number of hydrogen-bond donors (Lipinski definition) is 3. The highest BCUT2D eigenvalue weighted by molar-refractivity contribution is 5.40. The van der Waals surface area contributed by atoms with E-state index in [-0.39, 0.29) is 11.5 Å². The van der Waals surface area contributed by atoms with Crippen LogP contribution in [0.1, 0.15) is 18.9 Å². The second kappa shape index (κ2) is 4.72. The molecule has 1 aromatic carbocycles. The van der Waals surface area contributed by atoms with Crippen LogP contribution in [0.3, 0.4) is 0 Å². The molecule has 0 aliphatic heterocycles. The molecule has 0 saturated heterocycles. The van der Waals surface area contributed by atoms with Crippen LogP contribution in [0.5, 0.6) is 11.5 Å². The Morgan fingerprint density at radius 1 is 1.23 bits per heavy atom. The van der Waals surface area contributed by atoms with Crippen molar-refractivity contribution < 1.29 is 10.2 Å². The van der Waals surface area contributed by atoms with E-state index in [1.54, 1.807) is 12.1 Å². The minimum absolute atomic E-state index is 0.0594. The Hall–Kier alpha value is -1.22. The number of nitrogens with one attached hydrogen (secondary N) is 1. The summed E-state index contributed by atoms with van der Waals surface area (Å²) < 4.78 is 0. The molecule has 72 valence electrons. The average Bonchev–Trinajstić information content (AvgIpc) is 2.12. The van der Waals surface area contributed by atoms with E-state index in [2.05, 4.69) is 12.2 Å². The van der Waals surface area contributed by atoms with Gasteiger partial charge in [-0.1, -0.05) is 13.0 Å². The van der Waals surface area contributed by atoms with E-state index < -0.39 is 0 Å². The molecule has 0 amide bonds. The van der Waals surface area contributed by atoms with Crippen molar-refractivity contribution in [3.8, 4) is 11.5 Å². The maximum absolute atomic E-state index is 9.18. The highest BCUT2D eigenvalue weighted by Gasteiger charge is 1.99. The SMILES string of the molecule is CCCNCc1ccc(O)c(O)c1. The Balaban J connectivity index is 2.53. The largest absolute Gasteiger partial charge is 0.504 e. The molecule has 0 spiro atoms. The Labute approximate surface area is 78.0 Å². The van der Waals surface area contributed by atoms with Gasteiger partial charge >= 0.3 is 0 Å². The zero-order valence-corrected chi connectivity index (χ0v) is 7.75. The maximum atomic E-state index is 9.18. The Morgan fingerprint density at radius 2 is 2.00 bits per heavy atom. The van der Waals surface area contributed by atoms with Gasteiger partial charge in [0.2, 0.25) is 0 Å². The minimum atomic E-state index is -0.0701. The zero-order valence-electron chi connectivity index (χ0n) is 7.75. The first-order valence-corrected chi connectivity index (χ1v) is 4.45. The van der Waals surface area contributed by atoms with Crippen molar-refractivity contribution in [2.24, 2.45) is 0 Å². The van der Waals surface area contributed by atoms with Gasteiger partial charge in [-0.2, -0.15) is 0 Å². The lowest BCUT2D eigenvalue weighted by Crippen LogP contribution is -2.13. The summed E-state index contributed by atoms with van der Waals surface area (Å²) in [6, 6.07) is 4.86. The van der Waals surface area contributed by atoms with Crippen molar-refractivity contribution >= 4 is 0 Å². The molecule has 0 aliphatic rings. The van der Waals surface area contributed by atoms with Crippen LogP contribution in [-0.2, 0) is 6.54 Å². The van der Waals surface area contributed by atoms with Gasteiger partial charge in [0.1, 0.15) is 0 Å². The van der Waals surface area contributed by atoms with Gasteiger partial charge in [-0.3, -0.25) is 0 Å². The fourth-order valence-electron chi connectivity index (χ4n) is 1.09. The fourth-order valence-corrected chi connectivity index (χ4v) is 1.09. The van der Waals surface area contributed by atoms with E-state index in [0.717, 1.165) is 25.1 Å². The number of phenols is 2. The van der Waals surface area contributed by atoms with E-state index in [4.69, 9.17) is 5.11 Å².